The highest BCUT2D eigenvalue weighted by Gasteiger charge is 2.24. The van der Waals surface area contributed by atoms with Crippen molar-refractivity contribution >= 4 is 27.7 Å². The number of nitrogens with one attached hydrogen (secondary N) is 1. The summed E-state index contributed by atoms with van der Waals surface area (Å²) in [6.07, 6.45) is 2.96. The van der Waals surface area contributed by atoms with Crippen molar-refractivity contribution < 1.29 is 13.2 Å². The Hall–Kier alpha value is -1.83. The summed E-state index contributed by atoms with van der Waals surface area (Å²) in [6, 6.07) is 17.1. The number of sulfonamides is 1. The monoisotopic (exact) mass is 432 g/mol. The minimum absolute atomic E-state index is 0.00890. The quantitative estimate of drug-likeness (QED) is 0.614. The lowest BCUT2D eigenvalue weighted by molar-refractivity contribution is 0.0956. The third-order valence-electron chi connectivity index (χ3n) is 4.92. The van der Waals surface area contributed by atoms with Gasteiger partial charge in [0.15, 0.2) is 0 Å². The first-order chi connectivity index (χ1) is 14.0. The molecule has 0 aromatic heterocycles. The molecule has 0 unspecified atom stereocenters. The number of amides is 1. The molecule has 0 aliphatic carbocycles. The molecule has 0 saturated carbocycles. The maximum atomic E-state index is 12.5. The Morgan fingerprint density at radius 2 is 1.62 bits per heavy atom. The van der Waals surface area contributed by atoms with Crippen molar-refractivity contribution in [2.45, 2.75) is 30.8 Å². The Bertz CT molecular complexity index is 878. The lowest BCUT2D eigenvalue weighted by atomic mass is 10.1. The van der Waals surface area contributed by atoms with E-state index in [0.29, 0.717) is 30.8 Å². The van der Waals surface area contributed by atoms with Crippen LogP contribution < -0.4 is 5.32 Å². The number of benzene rings is 2. The van der Waals surface area contributed by atoms with E-state index >= 15 is 0 Å². The molecule has 1 saturated heterocycles. The summed E-state index contributed by atoms with van der Waals surface area (Å²) in [5.41, 5.74) is 2.54. The summed E-state index contributed by atoms with van der Waals surface area (Å²) >= 11 is 1.78. The normalized spacial score (nSPS) is 15.2. The van der Waals surface area contributed by atoms with Crippen molar-refractivity contribution in [3.63, 3.8) is 0 Å². The summed E-state index contributed by atoms with van der Waals surface area (Å²) in [4.78, 5) is 12.3. The molecule has 2 aromatic carbocycles. The van der Waals surface area contributed by atoms with Crippen LogP contribution in [0, 0.1) is 0 Å². The van der Waals surface area contributed by atoms with E-state index in [4.69, 9.17) is 0 Å². The van der Waals surface area contributed by atoms with E-state index in [1.54, 1.807) is 40.3 Å². The molecule has 1 heterocycles. The molecule has 156 valence electrons. The molecule has 1 amide bonds. The van der Waals surface area contributed by atoms with Crippen molar-refractivity contribution in [2.24, 2.45) is 0 Å². The van der Waals surface area contributed by atoms with Crippen molar-refractivity contribution in [3.05, 3.63) is 71.3 Å². The Morgan fingerprint density at radius 3 is 2.31 bits per heavy atom. The lowest BCUT2D eigenvalue weighted by Crippen LogP contribution is -2.36. The van der Waals surface area contributed by atoms with Gasteiger partial charge >= 0.3 is 0 Å². The molecule has 3 rings (SSSR count). The van der Waals surface area contributed by atoms with Crippen LogP contribution in [0.5, 0.6) is 0 Å². The van der Waals surface area contributed by atoms with Gasteiger partial charge in [-0.3, -0.25) is 4.79 Å². The molecule has 0 radical (unpaired) electrons. The van der Waals surface area contributed by atoms with E-state index in [-0.39, 0.29) is 11.7 Å². The van der Waals surface area contributed by atoms with Crippen LogP contribution in [0.1, 0.15) is 40.7 Å². The Labute approximate surface area is 177 Å². The van der Waals surface area contributed by atoms with Gasteiger partial charge in [-0.15, -0.1) is 0 Å². The van der Waals surface area contributed by atoms with Gasteiger partial charge in [0.2, 0.25) is 10.0 Å². The van der Waals surface area contributed by atoms with E-state index in [9.17, 15) is 13.2 Å². The second kappa shape index (κ2) is 10.8. The van der Waals surface area contributed by atoms with Crippen LogP contribution >= 0.6 is 11.8 Å². The number of hydrogen-bond donors (Lipinski definition) is 1. The third kappa shape index (κ3) is 6.87. The smallest absolute Gasteiger partial charge is 0.251 e. The fourth-order valence-electron chi connectivity index (χ4n) is 3.30. The molecular weight excluding hydrogens is 404 g/mol. The van der Waals surface area contributed by atoms with Crippen molar-refractivity contribution in [2.75, 3.05) is 25.4 Å². The first-order valence-corrected chi connectivity index (χ1v) is 12.8. The van der Waals surface area contributed by atoms with Gasteiger partial charge in [0.25, 0.3) is 5.91 Å². The van der Waals surface area contributed by atoms with Gasteiger partial charge in [-0.25, -0.2) is 12.7 Å². The number of nitrogens with zero attached hydrogens (tertiary/aromatic N) is 1. The fraction of sp³-hybridized carbons (Fsp3) is 0.409. The van der Waals surface area contributed by atoms with Crippen LogP contribution in [0.15, 0.2) is 54.6 Å². The molecule has 1 aliphatic heterocycles. The molecule has 29 heavy (non-hydrogen) atoms. The summed E-state index contributed by atoms with van der Waals surface area (Å²) < 4.78 is 26.6. The largest absolute Gasteiger partial charge is 0.351 e. The SMILES string of the molecule is O=C(NCCSCc1ccccc1)c1ccc(CS(=O)(=O)N2CCCCC2)cc1. The van der Waals surface area contributed by atoms with Crippen LogP contribution in [-0.4, -0.2) is 44.0 Å². The molecule has 7 heteroatoms. The summed E-state index contributed by atoms with van der Waals surface area (Å²) in [6.45, 7) is 1.83. The zero-order valence-electron chi connectivity index (χ0n) is 16.5. The summed E-state index contributed by atoms with van der Waals surface area (Å²) in [7, 11) is -3.28. The van der Waals surface area contributed by atoms with E-state index in [1.807, 2.05) is 18.2 Å². The number of carbonyl (C=O) groups is 1. The number of piperidine rings is 1. The first kappa shape index (κ1) is 21.9. The average molecular weight is 433 g/mol. The predicted octanol–water partition coefficient (Wildman–Crippen LogP) is 3.67. The molecular formula is C22H28N2O3S2. The maximum Gasteiger partial charge on any atom is 0.251 e. The van der Waals surface area contributed by atoms with Gasteiger partial charge < -0.3 is 5.32 Å². The van der Waals surface area contributed by atoms with Crippen LogP contribution in [0.25, 0.3) is 0 Å². The van der Waals surface area contributed by atoms with Gasteiger partial charge in [0.05, 0.1) is 5.75 Å². The Balaban J connectivity index is 1.42. The molecule has 5 nitrogen and oxygen atoms in total. The van der Waals surface area contributed by atoms with Crippen LogP contribution in [0.2, 0.25) is 0 Å². The molecule has 0 atom stereocenters. The van der Waals surface area contributed by atoms with E-state index in [2.05, 4.69) is 17.4 Å². The maximum absolute atomic E-state index is 12.5. The van der Waals surface area contributed by atoms with Gasteiger partial charge in [0, 0.05) is 36.7 Å². The van der Waals surface area contributed by atoms with E-state index in [1.165, 1.54) is 5.56 Å². The van der Waals surface area contributed by atoms with Gasteiger partial charge in [-0.05, 0) is 36.1 Å². The second-order valence-corrected chi connectivity index (χ2v) is 10.3. The standard InChI is InChI=1S/C22H28N2O3S2/c25-22(23-13-16-28-17-19-7-3-1-4-8-19)21-11-9-20(10-12-21)18-29(26,27)24-14-5-2-6-15-24/h1,3-4,7-12H,2,5-6,13-18H2,(H,23,25). The van der Waals surface area contributed by atoms with Crippen LogP contribution in [-0.2, 0) is 21.5 Å². The minimum Gasteiger partial charge on any atom is -0.351 e. The summed E-state index contributed by atoms with van der Waals surface area (Å²) in [5, 5.41) is 2.92. The molecule has 1 N–H and O–H groups in total. The highest BCUT2D eigenvalue weighted by atomic mass is 32.2. The Morgan fingerprint density at radius 1 is 0.931 bits per heavy atom. The summed E-state index contributed by atoms with van der Waals surface area (Å²) in [5.74, 6) is 1.63. The highest BCUT2D eigenvalue weighted by molar-refractivity contribution is 7.98. The van der Waals surface area contributed by atoms with Crippen LogP contribution in [0.4, 0.5) is 0 Å². The number of thioether (sulfide) groups is 1. The minimum atomic E-state index is -3.28. The average Bonchev–Trinajstić information content (AvgIpc) is 2.75. The number of hydrogen-bond acceptors (Lipinski definition) is 4. The molecule has 1 aliphatic rings. The zero-order chi connectivity index (χ0) is 20.5. The van der Waals surface area contributed by atoms with Gasteiger partial charge in [-0.2, -0.15) is 11.8 Å². The van der Waals surface area contributed by atoms with E-state index in [0.717, 1.165) is 30.8 Å². The molecule has 0 spiro atoms. The van der Waals surface area contributed by atoms with Crippen molar-refractivity contribution in [1.29, 1.82) is 0 Å². The van der Waals surface area contributed by atoms with Crippen molar-refractivity contribution in [1.82, 2.24) is 9.62 Å². The number of rotatable bonds is 9. The van der Waals surface area contributed by atoms with E-state index < -0.39 is 10.0 Å². The third-order valence-corrected chi connectivity index (χ3v) is 7.80. The van der Waals surface area contributed by atoms with Gasteiger partial charge in [0.1, 0.15) is 0 Å². The number of carbonyl (C=O) groups excluding carboxylic acids is 1. The molecule has 2 aromatic rings. The highest BCUT2D eigenvalue weighted by Crippen LogP contribution is 2.17. The fourth-order valence-corrected chi connectivity index (χ4v) is 5.73. The first-order valence-electron chi connectivity index (χ1n) is 10.0. The second-order valence-electron chi connectivity index (χ2n) is 7.21. The lowest BCUT2D eigenvalue weighted by Gasteiger charge is -2.25. The Kier molecular flexibility index (Phi) is 8.15. The van der Waals surface area contributed by atoms with Gasteiger partial charge in [-0.1, -0.05) is 48.9 Å². The van der Waals surface area contributed by atoms with Crippen molar-refractivity contribution in [3.8, 4) is 0 Å². The molecule has 0 bridgehead atoms. The topological polar surface area (TPSA) is 66.5 Å². The molecule has 1 fully saturated rings. The van der Waals surface area contributed by atoms with Crippen LogP contribution in [0.3, 0.4) is 0 Å². The zero-order valence-corrected chi connectivity index (χ0v) is 18.2. The predicted molar refractivity (Wildman–Crippen MR) is 119 cm³/mol.